The molecule has 0 aliphatic rings. The van der Waals surface area contributed by atoms with Gasteiger partial charge in [-0.3, -0.25) is 14.9 Å². The van der Waals surface area contributed by atoms with Gasteiger partial charge in [0.1, 0.15) is 5.56 Å². The van der Waals surface area contributed by atoms with Crippen molar-refractivity contribution >= 4 is 29.0 Å². The number of nitro groups is 1. The molecule has 0 aromatic heterocycles. The molecule has 1 atom stereocenters. The molecule has 10 heteroatoms. The van der Waals surface area contributed by atoms with Gasteiger partial charge in [-0.15, -0.1) is 0 Å². The topological polar surface area (TPSA) is 86.5 Å². The van der Waals surface area contributed by atoms with Crippen molar-refractivity contribution in [2.24, 2.45) is 0 Å². The highest BCUT2D eigenvalue weighted by Gasteiger charge is 2.37. The van der Waals surface area contributed by atoms with Crippen LogP contribution in [0, 0.1) is 21.7 Å². The predicted molar refractivity (Wildman–Crippen MR) is 63.9 cm³/mol. The van der Waals surface area contributed by atoms with Gasteiger partial charge in [0.25, 0.3) is 6.17 Å². The zero-order chi connectivity index (χ0) is 16.3. The van der Waals surface area contributed by atoms with Crippen molar-refractivity contribution in [2.45, 2.75) is 13.1 Å². The highest BCUT2D eigenvalue weighted by Crippen LogP contribution is 2.31. The first-order valence-electron chi connectivity index (χ1n) is 5.39. The predicted octanol–water partition coefficient (Wildman–Crippen LogP) is 2.61. The zero-order valence-electron chi connectivity index (χ0n) is 10.4. The van der Waals surface area contributed by atoms with E-state index in [4.69, 9.17) is 11.6 Å². The molecule has 21 heavy (non-hydrogen) atoms. The Kier molecular flexibility index (Phi) is 5.25. The second-order valence-electron chi connectivity index (χ2n) is 3.62. The molecule has 0 N–H and O–H groups in total. The molecule has 0 saturated heterocycles. The van der Waals surface area contributed by atoms with E-state index < -0.39 is 50.8 Å². The van der Waals surface area contributed by atoms with Crippen LogP contribution in [0.5, 0.6) is 0 Å². The van der Waals surface area contributed by atoms with Crippen molar-refractivity contribution in [1.82, 2.24) is 0 Å². The minimum Gasteiger partial charge on any atom is -0.463 e. The molecule has 0 heterocycles. The van der Waals surface area contributed by atoms with Crippen LogP contribution in [0.25, 0.3) is 0 Å². The van der Waals surface area contributed by atoms with Gasteiger partial charge in [0.05, 0.1) is 16.6 Å². The van der Waals surface area contributed by atoms with E-state index in [-0.39, 0.29) is 6.61 Å². The molecule has 0 bridgehead atoms. The van der Waals surface area contributed by atoms with Crippen LogP contribution in [0.4, 0.5) is 18.9 Å². The van der Waals surface area contributed by atoms with Crippen LogP contribution >= 0.6 is 11.6 Å². The number of ketones is 1. The minimum atomic E-state index is -2.91. The van der Waals surface area contributed by atoms with E-state index in [2.05, 4.69) is 4.74 Å². The smallest absolute Gasteiger partial charge is 0.349 e. The fourth-order valence-corrected chi connectivity index (χ4v) is 1.60. The maximum absolute atomic E-state index is 13.6. The average Bonchev–Trinajstić information content (AvgIpc) is 2.42. The number of nitrogens with zero attached hydrogens (tertiary/aromatic N) is 1. The number of hydrogen-bond donors (Lipinski definition) is 0. The first kappa shape index (κ1) is 16.9. The van der Waals surface area contributed by atoms with E-state index >= 15 is 0 Å². The maximum atomic E-state index is 13.6. The van der Waals surface area contributed by atoms with Gasteiger partial charge >= 0.3 is 11.7 Å². The third-order valence-electron chi connectivity index (χ3n) is 2.31. The molecule has 0 spiro atoms. The Bertz CT molecular complexity index is 622. The van der Waals surface area contributed by atoms with Crippen LogP contribution in [0.1, 0.15) is 17.3 Å². The Hall–Kier alpha value is -2.16. The summed E-state index contributed by atoms with van der Waals surface area (Å²) in [7, 11) is 0. The molecular formula is C11H7ClF3NO5. The monoisotopic (exact) mass is 325 g/mol. The largest absolute Gasteiger partial charge is 0.463 e. The van der Waals surface area contributed by atoms with Gasteiger partial charge in [0, 0.05) is 0 Å². The first-order chi connectivity index (χ1) is 9.72. The molecule has 0 aliphatic carbocycles. The van der Waals surface area contributed by atoms with Gasteiger partial charge in [0.15, 0.2) is 5.82 Å². The van der Waals surface area contributed by atoms with Crippen molar-refractivity contribution < 1.29 is 32.4 Å². The van der Waals surface area contributed by atoms with E-state index in [0.29, 0.717) is 6.07 Å². The van der Waals surface area contributed by atoms with Crippen LogP contribution in [-0.4, -0.2) is 29.5 Å². The van der Waals surface area contributed by atoms with Gasteiger partial charge in [0.2, 0.25) is 11.6 Å². The van der Waals surface area contributed by atoms with Gasteiger partial charge in [-0.25, -0.2) is 13.6 Å². The Morgan fingerprint density at radius 3 is 2.48 bits per heavy atom. The standard InChI is InChI=1S/C11H7ClF3NO5/c1-2-21-11(18)8(15)10(17)4-3-5(12)6(13)7(14)9(4)16(19)20/h3,8H,2H2,1H3. The number of Topliss-reactive ketones (excluding diaryl/α,β-unsaturated/α-hetero) is 1. The molecule has 1 aromatic rings. The molecule has 0 fully saturated rings. The van der Waals surface area contributed by atoms with E-state index in [1.54, 1.807) is 0 Å². The number of halogens is 4. The molecule has 1 rings (SSSR count). The number of esters is 1. The number of alkyl halides is 1. The Morgan fingerprint density at radius 2 is 2.00 bits per heavy atom. The SMILES string of the molecule is CCOC(=O)C(F)C(=O)c1cc(Cl)c(F)c(F)c1[N+](=O)[O-]. The highest BCUT2D eigenvalue weighted by atomic mass is 35.5. The molecule has 1 unspecified atom stereocenters. The normalized spacial score (nSPS) is 11.9. The summed E-state index contributed by atoms with van der Waals surface area (Å²) in [6, 6.07) is 0.381. The van der Waals surface area contributed by atoms with E-state index in [1.165, 1.54) is 6.92 Å². The molecule has 114 valence electrons. The van der Waals surface area contributed by atoms with E-state index in [0.717, 1.165) is 0 Å². The van der Waals surface area contributed by atoms with Crippen molar-refractivity contribution in [1.29, 1.82) is 0 Å². The van der Waals surface area contributed by atoms with Crippen molar-refractivity contribution in [3.05, 3.63) is 38.4 Å². The second-order valence-corrected chi connectivity index (χ2v) is 4.03. The van der Waals surface area contributed by atoms with E-state index in [1.807, 2.05) is 0 Å². The molecular weight excluding hydrogens is 319 g/mol. The van der Waals surface area contributed by atoms with E-state index in [9.17, 15) is 32.9 Å². The Balaban J connectivity index is 3.39. The fourth-order valence-electron chi connectivity index (χ4n) is 1.41. The number of nitro benzene ring substituents is 1. The minimum absolute atomic E-state index is 0.243. The first-order valence-corrected chi connectivity index (χ1v) is 5.76. The van der Waals surface area contributed by atoms with Gasteiger partial charge in [-0.2, -0.15) is 4.39 Å². The Labute approximate surface area is 120 Å². The van der Waals surface area contributed by atoms with Gasteiger partial charge in [-0.05, 0) is 13.0 Å². The maximum Gasteiger partial charge on any atom is 0.349 e. The number of carbonyl (C=O) groups excluding carboxylic acids is 2. The van der Waals surface area contributed by atoms with Crippen molar-refractivity contribution in [3.8, 4) is 0 Å². The van der Waals surface area contributed by atoms with Gasteiger partial charge < -0.3 is 4.74 Å². The van der Waals surface area contributed by atoms with Crippen LogP contribution in [-0.2, 0) is 9.53 Å². The lowest BCUT2D eigenvalue weighted by Crippen LogP contribution is -2.28. The zero-order valence-corrected chi connectivity index (χ0v) is 11.1. The van der Waals surface area contributed by atoms with Gasteiger partial charge in [-0.1, -0.05) is 11.6 Å². The lowest BCUT2D eigenvalue weighted by atomic mass is 10.0. The molecule has 6 nitrogen and oxygen atoms in total. The number of benzene rings is 1. The lowest BCUT2D eigenvalue weighted by molar-refractivity contribution is -0.388. The van der Waals surface area contributed by atoms with Crippen molar-refractivity contribution in [2.75, 3.05) is 6.61 Å². The summed E-state index contributed by atoms with van der Waals surface area (Å²) in [6.07, 6.45) is -2.91. The van der Waals surface area contributed by atoms with Crippen LogP contribution in [0.2, 0.25) is 5.02 Å². The summed E-state index contributed by atoms with van der Waals surface area (Å²) in [4.78, 5) is 32.0. The second kappa shape index (κ2) is 6.53. The molecule has 1 aromatic carbocycles. The number of rotatable bonds is 5. The average molecular weight is 326 g/mol. The molecule has 0 amide bonds. The summed E-state index contributed by atoms with van der Waals surface area (Å²) in [5, 5.41) is 9.73. The summed E-state index contributed by atoms with van der Waals surface area (Å²) in [6.45, 7) is 1.10. The quantitative estimate of drug-likeness (QED) is 0.207. The summed E-state index contributed by atoms with van der Waals surface area (Å²) in [5.74, 6) is -7.13. The lowest BCUT2D eigenvalue weighted by Gasteiger charge is -2.08. The fraction of sp³-hybridized carbons (Fsp3) is 0.273. The summed E-state index contributed by atoms with van der Waals surface area (Å²) in [5.41, 5.74) is -2.77. The summed E-state index contributed by atoms with van der Waals surface area (Å²) < 4.78 is 44.4. The molecule has 0 saturated carbocycles. The summed E-state index contributed by atoms with van der Waals surface area (Å²) >= 11 is 5.26. The molecule has 0 aliphatic heterocycles. The third kappa shape index (κ3) is 3.30. The Morgan fingerprint density at radius 1 is 1.43 bits per heavy atom. The number of carbonyl (C=O) groups is 2. The molecule has 0 radical (unpaired) electrons. The van der Waals surface area contributed by atoms with Crippen LogP contribution < -0.4 is 0 Å². The third-order valence-corrected chi connectivity index (χ3v) is 2.58. The highest BCUT2D eigenvalue weighted by molar-refractivity contribution is 6.31. The van der Waals surface area contributed by atoms with Crippen LogP contribution in [0.3, 0.4) is 0 Å². The number of ether oxygens (including phenoxy) is 1. The number of hydrogen-bond acceptors (Lipinski definition) is 5. The van der Waals surface area contributed by atoms with Crippen LogP contribution in [0.15, 0.2) is 6.07 Å². The van der Waals surface area contributed by atoms with Crippen molar-refractivity contribution in [3.63, 3.8) is 0 Å².